The maximum absolute atomic E-state index is 12.2. The van der Waals surface area contributed by atoms with Crippen LogP contribution in [0.25, 0.3) is 0 Å². The Morgan fingerprint density at radius 3 is 1.55 bits per heavy atom. The maximum atomic E-state index is 12.2. The van der Waals surface area contributed by atoms with E-state index in [4.69, 9.17) is 4.42 Å². The number of hydrogen-bond acceptors (Lipinski definition) is 7. The summed E-state index contributed by atoms with van der Waals surface area (Å²) in [7, 11) is 0. The molecule has 0 aromatic carbocycles. The third-order valence-electron chi connectivity index (χ3n) is 3.56. The molecule has 2 N–H and O–H groups in total. The number of nitrogens with one attached hydrogen (secondary N) is 2. The number of nitrogens with zero attached hydrogens (tertiary/aromatic N) is 2. The fourth-order valence-electron chi connectivity index (χ4n) is 2.09. The Bertz CT molecular complexity index is 1030. The average molecular weight is 558 g/mol. The molecule has 11 heteroatoms. The molecule has 0 fully saturated rings. The Balaban J connectivity index is 1.60. The Morgan fingerprint density at radius 2 is 1.21 bits per heavy atom. The zero-order chi connectivity index (χ0) is 21.0. The zero-order valence-electron chi connectivity index (χ0n) is 15.2. The van der Waals surface area contributed by atoms with Gasteiger partial charge in [-0.05, 0) is 82.1 Å². The van der Waals surface area contributed by atoms with Crippen molar-refractivity contribution in [1.29, 1.82) is 0 Å². The number of hydrogen-bond donors (Lipinski definition) is 2. The Labute approximate surface area is 191 Å². The van der Waals surface area contributed by atoms with Crippen LogP contribution in [-0.4, -0.2) is 23.2 Å². The van der Waals surface area contributed by atoms with Gasteiger partial charge in [0.2, 0.25) is 0 Å². The highest BCUT2D eigenvalue weighted by atomic mass is 79.9. The van der Waals surface area contributed by atoms with Gasteiger partial charge in [-0.3, -0.25) is 9.59 Å². The first-order chi connectivity index (χ1) is 13.8. The molecule has 0 unspecified atom stereocenters. The van der Waals surface area contributed by atoms with Crippen LogP contribution in [0.3, 0.4) is 0 Å². The van der Waals surface area contributed by atoms with Crippen molar-refractivity contribution >= 4 is 77.8 Å². The second kappa shape index (κ2) is 9.61. The minimum Gasteiger partial charge on any atom is -0.446 e. The predicted octanol–water partition coefficient (Wildman–Crippen LogP) is 5.24. The number of hydrazone groups is 2. The monoisotopic (exact) mass is 556 g/mol. The van der Waals surface area contributed by atoms with Gasteiger partial charge in [0.1, 0.15) is 0 Å². The summed E-state index contributed by atoms with van der Waals surface area (Å²) >= 11 is 9.77. The highest BCUT2D eigenvalue weighted by Crippen LogP contribution is 2.23. The molecule has 3 rings (SSSR count). The van der Waals surface area contributed by atoms with Crippen LogP contribution in [0, 0.1) is 0 Å². The summed E-state index contributed by atoms with van der Waals surface area (Å²) in [6.07, 6.45) is 0. The van der Waals surface area contributed by atoms with Crippen LogP contribution in [0.5, 0.6) is 0 Å². The van der Waals surface area contributed by atoms with Gasteiger partial charge in [0.25, 0.3) is 0 Å². The van der Waals surface area contributed by atoms with E-state index in [0.717, 1.165) is 17.3 Å². The molecule has 0 spiro atoms. The molecule has 29 heavy (non-hydrogen) atoms. The van der Waals surface area contributed by atoms with E-state index in [9.17, 15) is 9.59 Å². The predicted molar refractivity (Wildman–Crippen MR) is 122 cm³/mol. The van der Waals surface area contributed by atoms with E-state index in [-0.39, 0.29) is 11.5 Å². The summed E-state index contributed by atoms with van der Waals surface area (Å²) in [5, 5.41) is 8.11. The van der Waals surface area contributed by atoms with Gasteiger partial charge in [-0.1, -0.05) is 0 Å². The molecule has 0 aliphatic carbocycles. The van der Waals surface area contributed by atoms with E-state index in [1.165, 1.54) is 34.8 Å². The van der Waals surface area contributed by atoms with E-state index in [1.54, 1.807) is 13.8 Å². The average Bonchev–Trinajstić information content (AvgIpc) is 3.44. The van der Waals surface area contributed by atoms with Crippen molar-refractivity contribution in [3.05, 3.63) is 65.2 Å². The van der Waals surface area contributed by atoms with E-state index in [1.807, 2.05) is 24.3 Å². The maximum Gasteiger partial charge on any atom is 0.307 e. The van der Waals surface area contributed by atoms with Gasteiger partial charge in [0.05, 0.1) is 28.8 Å². The van der Waals surface area contributed by atoms with Crippen LogP contribution in [0.1, 0.15) is 44.7 Å². The lowest BCUT2D eigenvalue weighted by Crippen LogP contribution is -2.20. The molecular formula is C18H14Br2N4O3S2. The molecule has 2 amide bonds. The largest absolute Gasteiger partial charge is 0.446 e. The molecule has 150 valence electrons. The second-order valence-corrected chi connectivity index (χ2v) is 10.6. The third kappa shape index (κ3) is 5.72. The molecule has 3 heterocycles. The summed E-state index contributed by atoms with van der Waals surface area (Å²) in [6, 6.07) is 10.4. The van der Waals surface area contributed by atoms with E-state index in [0.29, 0.717) is 11.4 Å². The highest BCUT2D eigenvalue weighted by molar-refractivity contribution is 9.11. The molecule has 0 atom stereocenters. The topological polar surface area (TPSA) is 96.1 Å². The summed E-state index contributed by atoms with van der Waals surface area (Å²) in [6.45, 7) is 3.57. The zero-order valence-corrected chi connectivity index (χ0v) is 20.0. The quantitative estimate of drug-likeness (QED) is 0.320. The van der Waals surface area contributed by atoms with Gasteiger partial charge in [-0.2, -0.15) is 10.2 Å². The Hall–Kier alpha value is -2.08. The number of amides is 2. The van der Waals surface area contributed by atoms with Crippen LogP contribution in [0.15, 0.2) is 58.6 Å². The van der Waals surface area contributed by atoms with Gasteiger partial charge < -0.3 is 4.42 Å². The SMILES string of the molecule is C/C(=N\NC(=O)c1ccc(C(=O)N/N=C(\C)c2ccc(Br)s2)o1)c1ccc(Br)s1. The van der Waals surface area contributed by atoms with Gasteiger partial charge in [0, 0.05) is 0 Å². The number of carbonyl (C=O) groups excluding carboxylic acids is 2. The number of furan rings is 1. The van der Waals surface area contributed by atoms with Crippen LogP contribution in [-0.2, 0) is 0 Å². The first kappa shape index (κ1) is 21.6. The van der Waals surface area contributed by atoms with Crippen molar-refractivity contribution in [2.24, 2.45) is 10.2 Å². The van der Waals surface area contributed by atoms with E-state index >= 15 is 0 Å². The van der Waals surface area contributed by atoms with Gasteiger partial charge in [-0.15, -0.1) is 22.7 Å². The van der Waals surface area contributed by atoms with Crippen molar-refractivity contribution in [1.82, 2.24) is 10.9 Å². The normalized spacial score (nSPS) is 12.1. The first-order valence-electron chi connectivity index (χ1n) is 8.14. The van der Waals surface area contributed by atoms with Gasteiger partial charge >= 0.3 is 11.8 Å². The minimum atomic E-state index is -0.554. The molecule has 0 aliphatic rings. The van der Waals surface area contributed by atoms with Crippen LogP contribution in [0.4, 0.5) is 0 Å². The second-order valence-electron chi connectivity index (χ2n) is 5.65. The van der Waals surface area contributed by atoms with E-state index in [2.05, 4.69) is 52.9 Å². The molecule has 7 nitrogen and oxygen atoms in total. The Kier molecular flexibility index (Phi) is 7.17. The van der Waals surface area contributed by atoms with Crippen molar-refractivity contribution in [2.75, 3.05) is 0 Å². The minimum absolute atomic E-state index is 0.0260. The standard InChI is InChI=1S/C18H14Br2N4O3S2/c1-9(13-5-7-15(19)28-13)21-23-17(25)11-3-4-12(27-11)18(26)24-22-10(2)14-6-8-16(20)29-14/h3-8H,1-2H3,(H,23,25)(H,24,26)/b21-9+,22-10+. The molecule has 0 bridgehead atoms. The van der Waals surface area contributed by atoms with Crippen molar-refractivity contribution in [3.63, 3.8) is 0 Å². The van der Waals surface area contributed by atoms with E-state index < -0.39 is 11.8 Å². The van der Waals surface area contributed by atoms with Crippen LogP contribution in [0.2, 0.25) is 0 Å². The molecule has 3 aromatic heterocycles. The van der Waals surface area contributed by atoms with Crippen molar-refractivity contribution in [2.45, 2.75) is 13.8 Å². The summed E-state index contributed by atoms with van der Waals surface area (Å²) in [4.78, 5) is 26.2. The number of thiophene rings is 2. The smallest absolute Gasteiger partial charge is 0.307 e. The van der Waals surface area contributed by atoms with Crippen molar-refractivity contribution in [3.8, 4) is 0 Å². The van der Waals surface area contributed by atoms with Crippen LogP contribution >= 0.6 is 54.5 Å². The summed E-state index contributed by atoms with van der Waals surface area (Å²) in [5.74, 6) is -1.16. The molecule has 3 aromatic rings. The molecule has 0 saturated carbocycles. The molecule has 0 saturated heterocycles. The van der Waals surface area contributed by atoms with Crippen molar-refractivity contribution < 1.29 is 14.0 Å². The van der Waals surface area contributed by atoms with Gasteiger partial charge in [-0.25, -0.2) is 10.9 Å². The molecular weight excluding hydrogens is 544 g/mol. The van der Waals surface area contributed by atoms with Crippen LogP contribution < -0.4 is 10.9 Å². The summed E-state index contributed by atoms with van der Waals surface area (Å²) < 4.78 is 7.26. The fraction of sp³-hybridized carbons (Fsp3) is 0.111. The lowest BCUT2D eigenvalue weighted by molar-refractivity contribution is 0.0902. The lowest BCUT2D eigenvalue weighted by Gasteiger charge is -2.00. The fourth-order valence-corrected chi connectivity index (χ4v) is 4.75. The number of halogens is 2. The number of rotatable bonds is 6. The third-order valence-corrected chi connectivity index (χ3v) is 7.03. The Morgan fingerprint density at radius 1 is 0.793 bits per heavy atom. The molecule has 0 aliphatic heterocycles. The number of carbonyl (C=O) groups is 2. The lowest BCUT2D eigenvalue weighted by atomic mass is 10.3. The highest BCUT2D eigenvalue weighted by Gasteiger charge is 2.16. The van der Waals surface area contributed by atoms with Gasteiger partial charge in [0.15, 0.2) is 11.5 Å². The first-order valence-corrected chi connectivity index (χ1v) is 11.4. The summed E-state index contributed by atoms with van der Waals surface area (Å²) in [5.41, 5.74) is 6.15. The molecule has 0 radical (unpaired) electrons.